The van der Waals surface area contributed by atoms with Gasteiger partial charge in [-0.3, -0.25) is 9.59 Å². The summed E-state index contributed by atoms with van der Waals surface area (Å²) in [7, 11) is 0. The third-order valence-corrected chi connectivity index (χ3v) is 14.0. The molecule has 0 heterocycles. The minimum absolute atomic E-state index is 0.0101. The third-order valence-electron chi connectivity index (χ3n) is 14.0. The van der Waals surface area contributed by atoms with E-state index in [0.717, 1.165) is 57.8 Å². The van der Waals surface area contributed by atoms with Crippen molar-refractivity contribution in [3.05, 3.63) is 48.6 Å². The van der Waals surface area contributed by atoms with Crippen molar-refractivity contribution in [2.45, 2.75) is 334 Å². The molecule has 0 aliphatic heterocycles. The second-order valence-corrected chi connectivity index (χ2v) is 21.0. The Hall–Kier alpha value is -2.18. The molecule has 410 valence electrons. The number of nitrogens with one attached hydrogen (secondary N) is 1. The fourth-order valence-corrected chi connectivity index (χ4v) is 9.31. The summed E-state index contributed by atoms with van der Waals surface area (Å²) < 4.78 is 5.46. The summed E-state index contributed by atoms with van der Waals surface area (Å²) in [6.07, 6.45) is 75.7. The fourth-order valence-electron chi connectivity index (χ4n) is 9.31. The largest absolute Gasteiger partial charge is 0.466 e. The van der Waals surface area contributed by atoms with Gasteiger partial charge in [0.1, 0.15) is 0 Å². The molecule has 0 aromatic heterocycles. The van der Waals surface area contributed by atoms with E-state index in [4.69, 9.17) is 4.74 Å². The highest BCUT2D eigenvalue weighted by Gasteiger charge is 2.18. The first-order valence-electron chi connectivity index (χ1n) is 30.9. The van der Waals surface area contributed by atoms with E-state index in [-0.39, 0.29) is 18.5 Å². The van der Waals surface area contributed by atoms with Crippen LogP contribution in [-0.2, 0) is 14.3 Å². The summed E-state index contributed by atoms with van der Waals surface area (Å²) in [6.45, 7) is 4.84. The quantitative estimate of drug-likeness (QED) is 0.0321. The molecule has 0 aliphatic carbocycles. The van der Waals surface area contributed by atoms with E-state index in [0.29, 0.717) is 19.4 Å². The van der Waals surface area contributed by atoms with Gasteiger partial charge in [-0.15, -0.1) is 0 Å². The smallest absolute Gasteiger partial charge is 0.305 e. The van der Waals surface area contributed by atoms with Crippen LogP contribution in [0.25, 0.3) is 0 Å². The summed E-state index contributed by atoms with van der Waals surface area (Å²) in [6, 6.07) is -0.636. The Balaban J connectivity index is 3.48. The maximum absolute atomic E-state index is 12.5. The molecule has 0 saturated heterocycles. The lowest BCUT2D eigenvalue weighted by atomic mass is 10.0. The number of aliphatic hydroxyl groups excluding tert-OH is 2. The minimum Gasteiger partial charge on any atom is -0.466 e. The van der Waals surface area contributed by atoms with Gasteiger partial charge in [-0.25, -0.2) is 0 Å². The highest BCUT2D eigenvalue weighted by atomic mass is 16.5. The predicted molar refractivity (Wildman–Crippen MR) is 306 cm³/mol. The summed E-state index contributed by atoms with van der Waals surface area (Å²) in [4.78, 5) is 24.5. The standard InChI is InChI=1S/C64H119NO5/c1-3-5-7-9-11-13-15-17-18-19-20-23-26-29-33-36-40-44-48-52-56-62(67)61(60-66)65-63(68)57-53-49-45-41-37-34-30-27-24-21-22-25-28-31-35-39-43-47-51-55-59-70-64(69)58-54-50-46-42-38-32-16-14-12-10-8-6-4-2/h8,10,14,16,21,24,52,56,61-62,66-67H,3-7,9,11-13,15,17-20,22-23,25-51,53-55,57-60H2,1-2H3,(H,65,68)/b10-8-,16-14-,24-21-,56-52+. The van der Waals surface area contributed by atoms with Gasteiger partial charge in [0.15, 0.2) is 0 Å². The third kappa shape index (κ3) is 55.1. The average molecular weight is 983 g/mol. The molecule has 6 nitrogen and oxygen atoms in total. The van der Waals surface area contributed by atoms with E-state index in [1.165, 1.54) is 238 Å². The fraction of sp³-hybridized carbons (Fsp3) is 0.844. The zero-order valence-electron chi connectivity index (χ0n) is 46.7. The van der Waals surface area contributed by atoms with Gasteiger partial charge >= 0.3 is 5.97 Å². The Morgan fingerprint density at radius 1 is 0.400 bits per heavy atom. The van der Waals surface area contributed by atoms with Crippen molar-refractivity contribution in [1.29, 1.82) is 0 Å². The van der Waals surface area contributed by atoms with Crippen molar-refractivity contribution in [2.75, 3.05) is 13.2 Å². The number of hydrogen-bond donors (Lipinski definition) is 3. The number of carbonyl (C=O) groups is 2. The number of rotatable bonds is 57. The van der Waals surface area contributed by atoms with Gasteiger partial charge in [-0.05, 0) is 83.5 Å². The Bertz CT molecular complexity index is 1180. The SMILES string of the molecule is CCC/C=C\C/C=C\CCCCCCCC(=O)OCCCCCCCCCCC/C=C\CCCCCCCCCC(=O)NC(CO)C(O)/C=C/CCCCCCCCCCCCCCCCCCCC. The monoisotopic (exact) mass is 982 g/mol. The molecular weight excluding hydrogens is 863 g/mol. The summed E-state index contributed by atoms with van der Waals surface area (Å²) in [5.74, 6) is -0.0853. The summed E-state index contributed by atoms with van der Waals surface area (Å²) >= 11 is 0. The number of esters is 1. The van der Waals surface area contributed by atoms with Crippen LogP contribution in [-0.4, -0.2) is 47.4 Å². The lowest BCUT2D eigenvalue weighted by Gasteiger charge is -2.20. The van der Waals surface area contributed by atoms with Gasteiger partial charge in [0, 0.05) is 12.8 Å². The van der Waals surface area contributed by atoms with Crippen LogP contribution in [0, 0.1) is 0 Å². The molecule has 6 heteroatoms. The Morgan fingerprint density at radius 2 is 0.743 bits per heavy atom. The van der Waals surface area contributed by atoms with E-state index in [2.05, 4.69) is 55.6 Å². The number of ether oxygens (including phenoxy) is 1. The van der Waals surface area contributed by atoms with Crippen molar-refractivity contribution >= 4 is 11.9 Å². The van der Waals surface area contributed by atoms with Crippen LogP contribution in [0.4, 0.5) is 0 Å². The number of hydrogen-bond acceptors (Lipinski definition) is 5. The van der Waals surface area contributed by atoms with Crippen LogP contribution in [0.3, 0.4) is 0 Å². The molecule has 2 unspecified atom stereocenters. The number of allylic oxidation sites excluding steroid dienone is 7. The van der Waals surface area contributed by atoms with E-state index in [9.17, 15) is 19.8 Å². The molecule has 0 spiro atoms. The molecule has 3 N–H and O–H groups in total. The van der Waals surface area contributed by atoms with Gasteiger partial charge in [-0.1, -0.05) is 274 Å². The molecule has 1 amide bonds. The molecule has 2 atom stereocenters. The van der Waals surface area contributed by atoms with Crippen LogP contribution in [0.15, 0.2) is 48.6 Å². The number of aliphatic hydroxyl groups is 2. The lowest BCUT2D eigenvalue weighted by Crippen LogP contribution is -2.45. The van der Waals surface area contributed by atoms with Crippen molar-refractivity contribution in [3.8, 4) is 0 Å². The molecule has 0 fully saturated rings. The topological polar surface area (TPSA) is 95.9 Å². The minimum atomic E-state index is -0.852. The molecule has 70 heavy (non-hydrogen) atoms. The zero-order chi connectivity index (χ0) is 50.7. The number of unbranched alkanes of at least 4 members (excludes halogenated alkanes) is 40. The average Bonchev–Trinajstić information content (AvgIpc) is 3.36. The second-order valence-electron chi connectivity index (χ2n) is 21.0. The highest BCUT2D eigenvalue weighted by molar-refractivity contribution is 5.76. The Morgan fingerprint density at radius 3 is 1.16 bits per heavy atom. The van der Waals surface area contributed by atoms with E-state index >= 15 is 0 Å². The van der Waals surface area contributed by atoms with Crippen molar-refractivity contribution in [2.24, 2.45) is 0 Å². The van der Waals surface area contributed by atoms with Crippen LogP contribution in [0.5, 0.6) is 0 Å². The van der Waals surface area contributed by atoms with E-state index in [1.807, 2.05) is 6.08 Å². The van der Waals surface area contributed by atoms with Gasteiger partial charge < -0.3 is 20.3 Å². The van der Waals surface area contributed by atoms with Crippen molar-refractivity contribution in [3.63, 3.8) is 0 Å². The van der Waals surface area contributed by atoms with E-state index in [1.54, 1.807) is 6.08 Å². The van der Waals surface area contributed by atoms with Gasteiger partial charge in [0.25, 0.3) is 0 Å². The molecule has 0 bridgehead atoms. The first-order valence-corrected chi connectivity index (χ1v) is 30.9. The van der Waals surface area contributed by atoms with Crippen LogP contribution in [0.2, 0.25) is 0 Å². The summed E-state index contributed by atoms with van der Waals surface area (Å²) in [5, 5.41) is 23.2. The first kappa shape index (κ1) is 67.8. The van der Waals surface area contributed by atoms with Crippen LogP contribution in [0.1, 0.15) is 322 Å². The molecule has 0 radical (unpaired) electrons. The Labute approximate surface area is 436 Å². The molecule has 0 aromatic rings. The van der Waals surface area contributed by atoms with Crippen LogP contribution >= 0.6 is 0 Å². The van der Waals surface area contributed by atoms with Crippen molar-refractivity contribution in [1.82, 2.24) is 5.32 Å². The summed E-state index contributed by atoms with van der Waals surface area (Å²) in [5.41, 5.74) is 0. The Kier molecular flexibility index (Phi) is 57.5. The molecule has 0 aromatic carbocycles. The molecule has 0 rings (SSSR count). The zero-order valence-corrected chi connectivity index (χ0v) is 46.7. The highest BCUT2D eigenvalue weighted by Crippen LogP contribution is 2.17. The number of amides is 1. The maximum Gasteiger partial charge on any atom is 0.305 e. The normalized spacial score (nSPS) is 12.9. The second kappa shape index (κ2) is 59.4. The first-order chi connectivity index (χ1) is 34.5. The number of carbonyl (C=O) groups excluding carboxylic acids is 2. The molecular formula is C64H119NO5. The lowest BCUT2D eigenvalue weighted by molar-refractivity contribution is -0.143. The molecule has 0 saturated carbocycles. The predicted octanol–water partition coefficient (Wildman–Crippen LogP) is 19.4. The van der Waals surface area contributed by atoms with Gasteiger partial charge in [0.2, 0.25) is 5.91 Å². The van der Waals surface area contributed by atoms with Gasteiger partial charge in [-0.2, -0.15) is 0 Å². The van der Waals surface area contributed by atoms with Crippen molar-refractivity contribution < 1.29 is 24.5 Å². The van der Waals surface area contributed by atoms with E-state index < -0.39 is 12.1 Å². The molecule has 0 aliphatic rings. The van der Waals surface area contributed by atoms with Gasteiger partial charge in [0.05, 0.1) is 25.4 Å². The maximum atomic E-state index is 12.5. The van der Waals surface area contributed by atoms with Crippen LogP contribution < -0.4 is 5.32 Å².